The molecular formula is C96H115F2N29O9. The zero-order valence-corrected chi connectivity index (χ0v) is 76.4. The van der Waals surface area contributed by atoms with Crippen LogP contribution in [0.2, 0.25) is 0 Å². The number of allylic oxidation sites excluding steroid dienone is 4. The molecular weight excluding hydrogens is 1740 g/mol. The first kappa shape index (κ1) is 88.9. The molecule has 0 bridgehead atoms. The topological polar surface area (TPSA) is 392 Å². The molecule has 17 heterocycles. The lowest BCUT2D eigenvalue weighted by Gasteiger charge is -2.38. The molecule has 38 nitrogen and oxygen atoms in total. The average Bonchev–Trinajstić information content (AvgIpc) is 1.74. The van der Waals surface area contributed by atoms with Crippen molar-refractivity contribution in [2.75, 3.05) is 178 Å². The highest BCUT2D eigenvalue weighted by Crippen LogP contribution is 2.50. The molecule has 0 radical (unpaired) electrons. The molecule has 24 rings (SSSR count). The van der Waals surface area contributed by atoms with E-state index >= 15 is 0 Å². The van der Waals surface area contributed by atoms with E-state index in [-0.39, 0.29) is 48.3 Å². The summed E-state index contributed by atoms with van der Waals surface area (Å²) in [4.78, 5) is 136. The summed E-state index contributed by atoms with van der Waals surface area (Å²) < 4.78 is 39.3. The van der Waals surface area contributed by atoms with Gasteiger partial charge in [0, 0.05) is 230 Å². The largest absolute Gasteiger partial charge is 0.379 e. The van der Waals surface area contributed by atoms with E-state index in [1.165, 1.54) is 24.2 Å². The predicted octanol–water partition coefficient (Wildman–Crippen LogP) is 7.06. The van der Waals surface area contributed by atoms with Crippen molar-refractivity contribution in [3.63, 3.8) is 0 Å². The molecule has 8 aromatic heterocycles. The highest BCUT2D eigenvalue weighted by molar-refractivity contribution is 5.93. The summed E-state index contributed by atoms with van der Waals surface area (Å²) in [5, 5.41) is 43.5. The van der Waals surface area contributed by atoms with Crippen LogP contribution in [0, 0.1) is 17.8 Å². The molecule has 7 aliphatic carbocycles. The van der Waals surface area contributed by atoms with Crippen LogP contribution >= 0.6 is 0 Å². The quantitative estimate of drug-likeness (QED) is 0.0336. The van der Waals surface area contributed by atoms with Crippen molar-refractivity contribution < 1.29 is 51.9 Å². The summed E-state index contributed by atoms with van der Waals surface area (Å²) >= 11 is 0. The zero-order chi connectivity index (χ0) is 93.3. The molecule has 0 aromatic carbocycles. The molecule has 9 aliphatic heterocycles. The normalized spacial score (nSPS) is 23.2. The van der Waals surface area contributed by atoms with Gasteiger partial charge >= 0.3 is 0 Å². The highest BCUT2D eigenvalue weighted by Gasteiger charge is 2.62. The summed E-state index contributed by atoms with van der Waals surface area (Å²) in [5.74, 6) is 3.95. The lowest BCUT2D eigenvalue weighted by atomic mass is 9.84. The Morgan fingerprint density at radius 3 is 0.956 bits per heavy atom. The van der Waals surface area contributed by atoms with Crippen molar-refractivity contribution in [3.05, 3.63) is 143 Å². The van der Waals surface area contributed by atoms with Gasteiger partial charge in [0.05, 0.1) is 70.2 Å². The van der Waals surface area contributed by atoms with E-state index in [9.17, 15) is 47.1 Å². The molecule has 16 fully saturated rings. The Balaban J connectivity index is 0.000000109. The number of alkyl halides is 2. The van der Waals surface area contributed by atoms with E-state index < -0.39 is 17.7 Å². The van der Waals surface area contributed by atoms with Crippen molar-refractivity contribution in [3.8, 4) is 0 Å². The van der Waals surface area contributed by atoms with E-state index in [1.54, 1.807) is 29.3 Å². The lowest BCUT2D eigenvalue weighted by Crippen LogP contribution is -2.52. The van der Waals surface area contributed by atoms with Crippen LogP contribution in [0.3, 0.4) is 0 Å². The van der Waals surface area contributed by atoms with Crippen molar-refractivity contribution in [2.45, 2.75) is 152 Å². The van der Waals surface area contributed by atoms with Crippen LogP contribution in [0.15, 0.2) is 120 Å². The van der Waals surface area contributed by atoms with Crippen LogP contribution in [0.5, 0.6) is 0 Å². The number of amides is 8. The molecule has 8 amide bonds. The Hall–Kier alpha value is -13.7. The number of carbonyl (C=O) groups excluding carboxylic acids is 8. The van der Waals surface area contributed by atoms with E-state index in [0.717, 1.165) is 251 Å². The Bertz CT molecular complexity index is 6300. The first-order chi connectivity index (χ1) is 65.9. The fraction of sp³-hybridized carbons (Fsp3) is 0.500. The van der Waals surface area contributed by atoms with E-state index in [1.807, 2.05) is 58.6 Å². The number of fused-ring (bicyclic) bond motifs is 4. The number of aromatic nitrogens is 12. The van der Waals surface area contributed by atoms with Crippen molar-refractivity contribution >= 4 is 141 Å². The fourth-order valence-electron chi connectivity index (χ4n) is 18.7. The molecule has 16 aliphatic rings. The second-order valence-electron chi connectivity index (χ2n) is 38.5. The smallest absolute Gasteiger partial charge is 0.260 e. The Kier molecular flexibility index (Phi) is 24.3. The van der Waals surface area contributed by atoms with Gasteiger partial charge in [-0.2, -0.15) is 38.5 Å². The number of morpholine rings is 1. The molecule has 1 atom stereocenters. The molecule has 40 heteroatoms. The third kappa shape index (κ3) is 20.1. The summed E-state index contributed by atoms with van der Waals surface area (Å²) in [5.41, 5.74) is 12.1. The summed E-state index contributed by atoms with van der Waals surface area (Å²) in [6, 6.07) is 9.94. The first-order valence-electron chi connectivity index (χ1n) is 48.1. The molecule has 136 heavy (non-hydrogen) atoms. The third-order valence-electron chi connectivity index (χ3n) is 28.0. The van der Waals surface area contributed by atoms with Crippen LogP contribution in [0.1, 0.15) is 144 Å². The van der Waals surface area contributed by atoms with Crippen LogP contribution in [-0.2, 0) is 43.1 Å². The number of piperazine rings is 4. The minimum Gasteiger partial charge on any atom is -0.379 e. The van der Waals surface area contributed by atoms with Crippen molar-refractivity contribution in [1.29, 1.82) is 0 Å². The van der Waals surface area contributed by atoms with Gasteiger partial charge in [0.25, 0.3) is 5.92 Å². The van der Waals surface area contributed by atoms with Crippen molar-refractivity contribution in [1.82, 2.24) is 104 Å². The van der Waals surface area contributed by atoms with Gasteiger partial charge in [-0.25, -0.2) is 28.7 Å². The third-order valence-corrected chi connectivity index (χ3v) is 28.0. The monoisotopic (exact) mass is 1860 g/mol. The minimum atomic E-state index is -2.85. The fourth-order valence-corrected chi connectivity index (χ4v) is 18.7. The molecule has 1 unspecified atom stereocenters. The predicted molar refractivity (Wildman–Crippen MR) is 508 cm³/mol. The number of carbonyl (C=O) groups is 8. The maximum absolute atomic E-state index is 13.3. The maximum Gasteiger partial charge on any atom is 0.260 e. The maximum atomic E-state index is 13.3. The van der Waals surface area contributed by atoms with Crippen LogP contribution in [0.4, 0.5) is 55.3 Å². The van der Waals surface area contributed by atoms with Crippen LogP contribution in [0.25, 0.3) is 46.9 Å². The molecule has 8 N–H and O–H groups in total. The van der Waals surface area contributed by atoms with E-state index in [2.05, 4.69) is 132 Å². The molecule has 7 saturated carbocycles. The van der Waals surface area contributed by atoms with Gasteiger partial charge in [-0.15, -0.1) is 0 Å². The van der Waals surface area contributed by atoms with Gasteiger partial charge in [0.1, 0.15) is 52.5 Å². The number of halogens is 2. The number of ether oxygens (including phenoxy) is 1. The van der Waals surface area contributed by atoms with Crippen molar-refractivity contribution in [2.24, 2.45) is 17.8 Å². The first-order valence-corrected chi connectivity index (χ1v) is 48.1. The van der Waals surface area contributed by atoms with Crippen LogP contribution in [-0.4, -0.2) is 298 Å². The van der Waals surface area contributed by atoms with Gasteiger partial charge in [0.2, 0.25) is 47.3 Å². The Labute approximate surface area is 783 Å². The number of nitrogens with zero attached hydrogens (tertiary/aromatic N) is 21. The standard InChI is InChI=1S/C25H32N8O3.2C24H29N7O2.C23H25F2N7O2/c1-17-18(13-23(34)27-17)12-19-15-26-33-22(28-20-2-3-20)14-21(29-25(19)33)31-4-6-32(7-5-31)24(35)16-30-8-10-36-11-9-30;1-15-17(12-22(32)26-15)11-18-14-25-31-21(27-19-4-5-19)13-20(28-24(18)31)29-6-8-30(9-7-29)23(33)10-16-2-3-16;1-15-17(12-22(32)26-15)11-18-14-25-31-21(27-19-5-6-19)13-20(28-23(18)31)29-7-9-30(10-8-29)24(33)16-3-2-4-16;1-13-14(9-20(33)27-13)8-15-12-26-32-19(28-16-2-3-16)10-18(29-21(15)32)30-4-6-31(7-5-30)22(34)17-11-23(17,24)25/h12,14-15,20,28H,1-11,13,16H2,(H,27,34);2*11,13-14,16,19,27H,1-10,12H2,(H,26,32);8,10,12,16-17,28H,1-7,9,11H2,(H,27,33)/b18-12+;2*17-11+;14-8+. The van der Waals surface area contributed by atoms with Gasteiger partial charge in [-0.05, 0) is 130 Å². The van der Waals surface area contributed by atoms with Gasteiger partial charge in [0.15, 0.2) is 22.6 Å². The average molecular weight is 1860 g/mol. The number of nitrogens with one attached hydrogen (secondary N) is 8. The SMILES string of the molecule is C=C1NC(=O)C/C1=C\c1cnn2c(NC3CC3)cc(N3CCN(C(=O)C4CC4(F)F)CC3)nc12.C=C1NC(=O)C/C1=C\c1cnn2c(NC3CC3)cc(N3CCN(C(=O)C4CCC4)CC3)nc12.C=C1NC(=O)C/C1=C\c1cnn2c(NC3CC3)cc(N3CCN(C(=O)CC4CC4)CC3)nc12.C=C1NC(=O)C/C1=C\c1cnn2c(NC3CC3)cc(N3CCN(C(=O)CN4CCOCC4)CC3)nc12. The number of rotatable bonds is 22. The van der Waals surface area contributed by atoms with Gasteiger partial charge < -0.3 is 86.5 Å². The minimum absolute atomic E-state index is 0.0400. The summed E-state index contributed by atoms with van der Waals surface area (Å²) in [6.45, 7) is 29.8. The lowest BCUT2D eigenvalue weighted by molar-refractivity contribution is -0.138. The molecule has 712 valence electrons. The molecule has 0 spiro atoms. The second kappa shape index (κ2) is 37.2. The van der Waals surface area contributed by atoms with Crippen LogP contribution < -0.4 is 62.1 Å². The Morgan fingerprint density at radius 1 is 0.397 bits per heavy atom. The molecule has 9 saturated heterocycles. The Morgan fingerprint density at radius 2 is 0.691 bits per heavy atom. The number of hydrogen-bond acceptors (Lipinski definition) is 26. The van der Waals surface area contributed by atoms with E-state index in [4.69, 9.17) is 24.7 Å². The number of hydrogen-bond donors (Lipinski definition) is 8. The zero-order valence-electron chi connectivity index (χ0n) is 76.4. The van der Waals surface area contributed by atoms with Gasteiger partial charge in [-0.3, -0.25) is 43.3 Å². The van der Waals surface area contributed by atoms with Gasteiger partial charge in [-0.1, -0.05) is 32.7 Å². The summed E-state index contributed by atoms with van der Waals surface area (Å²) in [7, 11) is 0. The summed E-state index contributed by atoms with van der Waals surface area (Å²) in [6.07, 6.45) is 31.2. The number of anilines is 8. The molecule has 8 aromatic rings. The van der Waals surface area contributed by atoms with E-state index in [0.29, 0.717) is 155 Å². The second-order valence-corrected chi connectivity index (χ2v) is 38.5. The highest BCUT2D eigenvalue weighted by atomic mass is 19.3.